The number of amides is 1. The van der Waals surface area contributed by atoms with Gasteiger partial charge < -0.3 is 19.7 Å². The van der Waals surface area contributed by atoms with Gasteiger partial charge in [0.1, 0.15) is 6.61 Å². The number of carbonyl (C=O) groups is 2. The van der Waals surface area contributed by atoms with Crippen molar-refractivity contribution in [1.82, 2.24) is 15.5 Å². The van der Waals surface area contributed by atoms with Crippen molar-refractivity contribution in [2.24, 2.45) is 0 Å². The summed E-state index contributed by atoms with van der Waals surface area (Å²) in [5.41, 5.74) is 6.36. The van der Waals surface area contributed by atoms with Crippen LogP contribution >= 0.6 is 0 Å². The Morgan fingerprint density at radius 3 is 2.28 bits per heavy atom. The minimum Gasteiger partial charge on any atom is -0.481 e. The summed E-state index contributed by atoms with van der Waals surface area (Å²) < 4.78 is 10.9. The van der Waals surface area contributed by atoms with Gasteiger partial charge in [0.15, 0.2) is 0 Å². The number of carboxylic acids is 1. The standard InChI is InChI=1S/C28H25N3O5/c1-17-10-12-18(13-11-17)27-30-25(36-31-27)14-19(15-26(32)33)29-28(34)35-16-24-22-8-4-2-6-20(22)21-7-3-5-9-23(21)24/h2-13,19,24H,14-16H2,1H3,(H,29,34)(H,32,33)/t19-/m0/s1. The fourth-order valence-electron chi connectivity index (χ4n) is 4.56. The van der Waals surface area contributed by atoms with Crippen LogP contribution < -0.4 is 5.32 Å². The van der Waals surface area contributed by atoms with Gasteiger partial charge in [-0.2, -0.15) is 4.98 Å². The Morgan fingerprint density at radius 2 is 1.64 bits per heavy atom. The number of nitrogens with one attached hydrogen (secondary N) is 1. The van der Waals surface area contributed by atoms with Gasteiger partial charge in [-0.3, -0.25) is 4.79 Å². The lowest BCUT2D eigenvalue weighted by Crippen LogP contribution is -2.39. The summed E-state index contributed by atoms with van der Waals surface area (Å²) in [5, 5.41) is 16.0. The van der Waals surface area contributed by atoms with Crippen molar-refractivity contribution in [3.8, 4) is 22.5 Å². The van der Waals surface area contributed by atoms with Gasteiger partial charge in [-0.15, -0.1) is 0 Å². The quantitative estimate of drug-likeness (QED) is 0.364. The second kappa shape index (κ2) is 10.0. The van der Waals surface area contributed by atoms with Crippen molar-refractivity contribution in [3.05, 3.63) is 95.4 Å². The number of ether oxygens (including phenoxy) is 1. The van der Waals surface area contributed by atoms with Crippen molar-refractivity contribution < 1.29 is 24.0 Å². The largest absolute Gasteiger partial charge is 0.481 e. The highest BCUT2D eigenvalue weighted by Gasteiger charge is 2.29. The minimum absolute atomic E-state index is 0.0648. The van der Waals surface area contributed by atoms with E-state index in [-0.39, 0.29) is 31.3 Å². The molecule has 1 amide bonds. The fourth-order valence-corrected chi connectivity index (χ4v) is 4.56. The number of aliphatic carboxylic acids is 1. The molecule has 0 saturated carbocycles. The van der Waals surface area contributed by atoms with Gasteiger partial charge in [0.2, 0.25) is 11.7 Å². The fraction of sp³-hybridized carbons (Fsp3) is 0.214. The van der Waals surface area contributed by atoms with Crippen LogP contribution in [0.3, 0.4) is 0 Å². The molecule has 0 saturated heterocycles. The maximum Gasteiger partial charge on any atom is 0.407 e. The van der Waals surface area contributed by atoms with Crippen LogP contribution in [0.4, 0.5) is 4.79 Å². The molecular weight excluding hydrogens is 458 g/mol. The molecule has 0 bridgehead atoms. The van der Waals surface area contributed by atoms with E-state index in [1.165, 1.54) is 0 Å². The normalized spacial score (nSPS) is 13.0. The van der Waals surface area contributed by atoms with Gasteiger partial charge in [0.05, 0.1) is 12.5 Å². The number of aromatic nitrogens is 2. The first-order valence-electron chi connectivity index (χ1n) is 11.7. The number of fused-ring (bicyclic) bond motifs is 3. The molecule has 2 N–H and O–H groups in total. The third kappa shape index (κ3) is 4.98. The Morgan fingerprint density at radius 1 is 1.00 bits per heavy atom. The third-order valence-electron chi connectivity index (χ3n) is 6.29. The second-order valence-electron chi connectivity index (χ2n) is 8.85. The molecule has 0 aliphatic heterocycles. The summed E-state index contributed by atoms with van der Waals surface area (Å²) in [4.78, 5) is 28.5. The highest BCUT2D eigenvalue weighted by atomic mass is 16.5. The number of hydrogen-bond donors (Lipinski definition) is 2. The second-order valence-corrected chi connectivity index (χ2v) is 8.85. The van der Waals surface area contributed by atoms with Crippen LogP contribution in [0.25, 0.3) is 22.5 Å². The van der Waals surface area contributed by atoms with Crippen LogP contribution in [0.2, 0.25) is 0 Å². The van der Waals surface area contributed by atoms with Crippen LogP contribution in [0.5, 0.6) is 0 Å². The highest BCUT2D eigenvalue weighted by molar-refractivity contribution is 5.79. The minimum atomic E-state index is -1.06. The van der Waals surface area contributed by atoms with Gasteiger partial charge in [0.25, 0.3) is 0 Å². The van der Waals surface area contributed by atoms with Crippen LogP contribution in [0.15, 0.2) is 77.3 Å². The Hall–Kier alpha value is -4.46. The Bertz CT molecular complexity index is 1350. The zero-order valence-electron chi connectivity index (χ0n) is 19.7. The zero-order chi connectivity index (χ0) is 25.1. The molecule has 1 aliphatic rings. The Balaban J connectivity index is 1.24. The smallest absolute Gasteiger partial charge is 0.407 e. The van der Waals surface area contributed by atoms with Crippen LogP contribution in [-0.4, -0.2) is 40.0 Å². The van der Waals surface area contributed by atoms with Crippen LogP contribution in [0.1, 0.15) is 34.9 Å². The van der Waals surface area contributed by atoms with Crippen molar-refractivity contribution in [3.63, 3.8) is 0 Å². The molecule has 5 rings (SSSR count). The Kier molecular flexibility index (Phi) is 6.49. The number of alkyl carbamates (subject to hydrolysis) is 1. The van der Waals surface area contributed by atoms with Crippen molar-refractivity contribution in [2.45, 2.75) is 31.7 Å². The molecule has 3 aromatic carbocycles. The number of carboxylic acid groups (broad SMARTS) is 1. The molecule has 182 valence electrons. The first kappa shape index (κ1) is 23.3. The number of rotatable bonds is 8. The molecule has 1 aliphatic carbocycles. The molecule has 36 heavy (non-hydrogen) atoms. The van der Waals surface area contributed by atoms with E-state index in [2.05, 4.69) is 27.6 Å². The lowest BCUT2D eigenvalue weighted by atomic mass is 9.98. The average molecular weight is 484 g/mol. The van der Waals surface area contributed by atoms with Crippen LogP contribution in [-0.2, 0) is 16.0 Å². The van der Waals surface area contributed by atoms with Crippen LogP contribution in [0, 0.1) is 6.92 Å². The number of aryl methyl sites for hydroxylation is 1. The highest BCUT2D eigenvalue weighted by Crippen LogP contribution is 2.44. The Labute approximate surface area is 207 Å². The predicted octanol–water partition coefficient (Wildman–Crippen LogP) is 4.97. The number of nitrogens with zero attached hydrogens (tertiary/aromatic N) is 2. The molecule has 8 heteroatoms. The van der Waals surface area contributed by atoms with Gasteiger partial charge >= 0.3 is 12.1 Å². The maximum absolute atomic E-state index is 12.7. The maximum atomic E-state index is 12.7. The number of benzene rings is 3. The topological polar surface area (TPSA) is 115 Å². The first-order valence-corrected chi connectivity index (χ1v) is 11.7. The number of carbonyl (C=O) groups excluding carboxylic acids is 1. The summed E-state index contributed by atoms with van der Waals surface area (Å²) in [6.45, 7) is 2.12. The van der Waals surface area contributed by atoms with E-state index in [0.717, 1.165) is 33.4 Å². The molecule has 0 fully saturated rings. The van der Waals surface area contributed by atoms with E-state index in [4.69, 9.17) is 9.26 Å². The van der Waals surface area contributed by atoms with E-state index >= 15 is 0 Å². The lowest BCUT2D eigenvalue weighted by molar-refractivity contribution is -0.137. The molecular formula is C28H25N3O5. The average Bonchev–Trinajstić information content (AvgIpc) is 3.45. The van der Waals surface area contributed by atoms with E-state index in [1.54, 1.807) is 0 Å². The van der Waals surface area contributed by atoms with Gasteiger partial charge in [-0.25, -0.2) is 4.79 Å². The summed E-state index contributed by atoms with van der Waals surface area (Å²) in [7, 11) is 0. The third-order valence-corrected chi connectivity index (χ3v) is 6.29. The van der Waals surface area contributed by atoms with Gasteiger partial charge in [-0.1, -0.05) is 83.5 Å². The zero-order valence-corrected chi connectivity index (χ0v) is 19.7. The predicted molar refractivity (Wildman–Crippen MR) is 132 cm³/mol. The first-order chi connectivity index (χ1) is 17.5. The summed E-state index contributed by atoms with van der Waals surface area (Å²) in [6.07, 6.45) is -0.941. The van der Waals surface area contributed by atoms with Crippen molar-refractivity contribution in [1.29, 1.82) is 0 Å². The summed E-state index contributed by atoms with van der Waals surface area (Å²) in [5.74, 6) is -0.512. The summed E-state index contributed by atoms with van der Waals surface area (Å²) >= 11 is 0. The molecule has 4 aromatic rings. The van der Waals surface area contributed by atoms with Gasteiger partial charge in [0, 0.05) is 17.9 Å². The van der Waals surface area contributed by atoms with Crippen molar-refractivity contribution in [2.75, 3.05) is 6.61 Å². The lowest BCUT2D eigenvalue weighted by Gasteiger charge is -2.18. The molecule has 1 atom stereocenters. The molecule has 0 spiro atoms. The van der Waals surface area contributed by atoms with E-state index in [9.17, 15) is 14.7 Å². The van der Waals surface area contributed by atoms with E-state index in [0.29, 0.717) is 5.82 Å². The summed E-state index contributed by atoms with van der Waals surface area (Å²) in [6, 6.07) is 23.0. The monoisotopic (exact) mass is 483 g/mol. The SMILES string of the molecule is Cc1ccc(-c2noc(C[C@@H](CC(=O)O)NC(=O)OCC3c4ccccc4-c4ccccc43)n2)cc1. The molecule has 1 heterocycles. The van der Waals surface area contributed by atoms with E-state index in [1.807, 2.05) is 67.6 Å². The van der Waals surface area contributed by atoms with Gasteiger partial charge in [-0.05, 0) is 29.2 Å². The molecule has 1 aromatic heterocycles. The number of hydrogen-bond acceptors (Lipinski definition) is 6. The molecule has 0 radical (unpaired) electrons. The molecule has 8 nitrogen and oxygen atoms in total. The molecule has 0 unspecified atom stereocenters. The van der Waals surface area contributed by atoms with Crippen molar-refractivity contribution >= 4 is 12.1 Å². The van der Waals surface area contributed by atoms with E-state index < -0.39 is 18.1 Å².